The van der Waals surface area contributed by atoms with Crippen LogP contribution in [0.25, 0.3) is 0 Å². The van der Waals surface area contributed by atoms with Crippen LogP contribution in [0, 0.1) is 5.92 Å². The Kier molecular flexibility index (Phi) is 7.01. The molecule has 0 radical (unpaired) electrons. The molecule has 5 nitrogen and oxygen atoms in total. The number of para-hydroxylation sites is 2. The quantitative estimate of drug-likeness (QED) is 0.742. The van der Waals surface area contributed by atoms with Crippen molar-refractivity contribution in [2.45, 2.75) is 20.3 Å². The van der Waals surface area contributed by atoms with Crippen LogP contribution in [0.2, 0.25) is 0 Å². The molecule has 0 spiro atoms. The van der Waals surface area contributed by atoms with Crippen LogP contribution < -0.4 is 10.1 Å². The average Bonchev–Trinajstić information content (AvgIpc) is 2.61. The number of benzene rings is 2. The summed E-state index contributed by atoms with van der Waals surface area (Å²) in [4.78, 5) is 24.0. The van der Waals surface area contributed by atoms with E-state index in [0.29, 0.717) is 24.0 Å². The number of esters is 1. The van der Waals surface area contributed by atoms with Gasteiger partial charge in [-0.05, 0) is 36.6 Å². The molecule has 0 saturated heterocycles. The average molecular weight is 341 g/mol. The largest absolute Gasteiger partial charge is 0.456 e. The molecule has 0 atom stereocenters. The summed E-state index contributed by atoms with van der Waals surface area (Å²) in [6.45, 7) is 4.42. The molecule has 132 valence electrons. The van der Waals surface area contributed by atoms with Crippen LogP contribution in [0.4, 0.5) is 0 Å². The Morgan fingerprint density at radius 2 is 1.68 bits per heavy atom. The van der Waals surface area contributed by atoms with E-state index < -0.39 is 5.97 Å². The molecular formula is C20H23NO4. The Hall–Kier alpha value is -2.82. The lowest BCUT2D eigenvalue weighted by Gasteiger charge is -2.11. The van der Waals surface area contributed by atoms with Gasteiger partial charge in [-0.25, -0.2) is 4.79 Å². The number of hydrogen-bond acceptors (Lipinski definition) is 4. The van der Waals surface area contributed by atoms with Gasteiger partial charge in [0.2, 0.25) is 0 Å². The number of rotatable bonds is 8. The van der Waals surface area contributed by atoms with Crippen molar-refractivity contribution < 1.29 is 19.1 Å². The highest BCUT2D eigenvalue weighted by Gasteiger charge is 2.15. The Balaban J connectivity index is 1.92. The predicted octanol–water partition coefficient (Wildman–Crippen LogP) is 3.80. The lowest BCUT2D eigenvalue weighted by Crippen LogP contribution is -2.30. The third-order valence-corrected chi connectivity index (χ3v) is 3.46. The summed E-state index contributed by atoms with van der Waals surface area (Å²) in [5.41, 5.74) is 0.279. The van der Waals surface area contributed by atoms with E-state index in [1.54, 1.807) is 36.4 Å². The van der Waals surface area contributed by atoms with Crippen molar-refractivity contribution in [2.75, 3.05) is 13.2 Å². The van der Waals surface area contributed by atoms with Crippen LogP contribution in [0.5, 0.6) is 11.5 Å². The first-order chi connectivity index (χ1) is 12.1. The van der Waals surface area contributed by atoms with Crippen molar-refractivity contribution in [1.82, 2.24) is 5.32 Å². The number of carbonyl (C=O) groups is 2. The van der Waals surface area contributed by atoms with Gasteiger partial charge >= 0.3 is 5.97 Å². The van der Waals surface area contributed by atoms with Crippen LogP contribution >= 0.6 is 0 Å². The molecule has 0 aliphatic carbocycles. The van der Waals surface area contributed by atoms with Gasteiger partial charge in [0.1, 0.15) is 17.1 Å². The van der Waals surface area contributed by atoms with Crippen molar-refractivity contribution in [1.29, 1.82) is 0 Å². The molecule has 5 heteroatoms. The Morgan fingerprint density at radius 1 is 1.00 bits per heavy atom. The van der Waals surface area contributed by atoms with E-state index in [9.17, 15) is 9.59 Å². The Bertz CT molecular complexity index is 698. The van der Waals surface area contributed by atoms with E-state index in [1.165, 1.54) is 0 Å². The molecule has 0 aliphatic rings. The fourth-order valence-electron chi connectivity index (χ4n) is 2.10. The van der Waals surface area contributed by atoms with Crippen LogP contribution in [0.3, 0.4) is 0 Å². The van der Waals surface area contributed by atoms with Gasteiger partial charge in [0.15, 0.2) is 6.61 Å². The molecule has 2 aromatic carbocycles. The summed E-state index contributed by atoms with van der Waals surface area (Å²) >= 11 is 0. The van der Waals surface area contributed by atoms with Gasteiger partial charge in [-0.3, -0.25) is 4.79 Å². The number of hydrogen-bond donors (Lipinski definition) is 1. The molecule has 0 heterocycles. The number of nitrogens with one attached hydrogen (secondary N) is 1. The topological polar surface area (TPSA) is 64.6 Å². The molecule has 0 aliphatic heterocycles. The molecule has 2 rings (SSSR count). The van der Waals surface area contributed by atoms with E-state index in [4.69, 9.17) is 9.47 Å². The minimum Gasteiger partial charge on any atom is -0.456 e. The summed E-state index contributed by atoms with van der Waals surface area (Å²) in [5, 5.41) is 2.73. The maximum atomic E-state index is 12.3. The van der Waals surface area contributed by atoms with Crippen LogP contribution in [-0.2, 0) is 9.53 Å². The molecular weight excluding hydrogens is 318 g/mol. The predicted molar refractivity (Wildman–Crippen MR) is 95.7 cm³/mol. The first kappa shape index (κ1) is 18.5. The minimum atomic E-state index is -0.592. The van der Waals surface area contributed by atoms with Gasteiger partial charge in [0.25, 0.3) is 5.91 Å². The van der Waals surface area contributed by atoms with Gasteiger partial charge in [-0.2, -0.15) is 0 Å². The normalized spacial score (nSPS) is 10.4. The second-order valence-electron chi connectivity index (χ2n) is 6.02. The van der Waals surface area contributed by atoms with Crippen molar-refractivity contribution in [3.63, 3.8) is 0 Å². The Labute approximate surface area is 148 Å². The molecule has 0 saturated carbocycles. The van der Waals surface area contributed by atoms with E-state index in [2.05, 4.69) is 19.2 Å². The smallest absolute Gasteiger partial charge is 0.342 e. The molecule has 1 N–H and O–H groups in total. The van der Waals surface area contributed by atoms with E-state index in [-0.39, 0.29) is 18.1 Å². The Morgan fingerprint density at radius 3 is 2.40 bits per heavy atom. The molecule has 2 aromatic rings. The second-order valence-corrected chi connectivity index (χ2v) is 6.02. The second kappa shape index (κ2) is 9.47. The summed E-state index contributed by atoms with van der Waals surface area (Å²) in [7, 11) is 0. The third-order valence-electron chi connectivity index (χ3n) is 3.46. The van der Waals surface area contributed by atoms with Gasteiger partial charge in [-0.1, -0.05) is 44.2 Å². The molecule has 0 aromatic heterocycles. The number of ether oxygens (including phenoxy) is 2. The zero-order chi connectivity index (χ0) is 18.1. The van der Waals surface area contributed by atoms with Crippen molar-refractivity contribution >= 4 is 11.9 Å². The highest BCUT2D eigenvalue weighted by Crippen LogP contribution is 2.25. The van der Waals surface area contributed by atoms with Crippen LogP contribution in [0.15, 0.2) is 54.6 Å². The zero-order valence-electron chi connectivity index (χ0n) is 14.5. The summed E-state index contributed by atoms with van der Waals surface area (Å²) < 4.78 is 10.8. The SMILES string of the molecule is CC(C)CCNC(=O)COC(=O)c1ccccc1Oc1ccccc1. The summed E-state index contributed by atoms with van der Waals surface area (Å²) in [6.07, 6.45) is 0.882. The highest BCUT2D eigenvalue weighted by molar-refractivity contribution is 5.94. The molecule has 1 amide bonds. The fourth-order valence-corrected chi connectivity index (χ4v) is 2.10. The first-order valence-electron chi connectivity index (χ1n) is 8.32. The van der Waals surface area contributed by atoms with Crippen molar-refractivity contribution in [2.24, 2.45) is 5.92 Å². The van der Waals surface area contributed by atoms with Crippen molar-refractivity contribution in [3.05, 3.63) is 60.2 Å². The number of amides is 1. The standard InChI is InChI=1S/C20H23NO4/c1-15(2)12-13-21-19(22)14-24-20(23)17-10-6-7-11-18(17)25-16-8-4-3-5-9-16/h3-11,15H,12-14H2,1-2H3,(H,21,22). The van der Waals surface area contributed by atoms with Gasteiger partial charge in [0, 0.05) is 6.54 Å². The zero-order valence-corrected chi connectivity index (χ0v) is 14.5. The minimum absolute atomic E-state index is 0.279. The van der Waals surface area contributed by atoms with E-state index in [1.807, 2.05) is 18.2 Å². The maximum Gasteiger partial charge on any atom is 0.342 e. The van der Waals surface area contributed by atoms with E-state index in [0.717, 1.165) is 6.42 Å². The molecule has 25 heavy (non-hydrogen) atoms. The van der Waals surface area contributed by atoms with Gasteiger partial charge in [-0.15, -0.1) is 0 Å². The number of carbonyl (C=O) groups excluding carboxylic acids is 2. The highest BCUT2D eigenvalue weighted by atomic mass is 16.5. The van der Waals surface area contributed by atoms with E-state index >= 15 is 0 Å². The third kappa shape index (κ3) is 6.30. The lowest BCUT2D eigenvalue weighted by molar-refractivity contribution is -0.124. The lowest BCUT2D eigenvalue weighted by atomic mass is 10.1. The van der Waals surface area contributed by atoms with Crippen LogP contribution in [-0.4, -0.2) is 25.0 Å². The summed E-state index contributed by atoms with van der Waals surface area (Å²) in [5.74, 6) is 0.610. The summed E-state index contributed by atoms with van der Waals surface area (Å²) in [6, 6.07) is 15.9. The van der Waals surface area contributed by atoms with Crippen molar-refractivity contribution in [3.8, 4) is 11.5 Å². The maximum absolute atomic E-state index is 12.3. The monoisotopic (exact) mass is 341 g/mol. The first-order valence-corrected chi connectivity index (χ1v) is 8.32. The molecule has 0 bridgehead atoms. The molecule has 0 unspecified atom stereocenters. The fraction of sp³-hybridized carbons (Fsp3) is 0.300. The van der Waals surface area contributed by atoms with Crippen LogP contribution in [0.1, 0.15) is 30.6 Å². The van der Waals surface area contributed by atoms with Gasteiger partial charge < -0.3 is 14.8 Å². The van der Waals surface area contributed by atoms with Gasteiger partial charge in [0.05, 0.1) is 0 Å². The molecule has 0 fully saturated rings.